The number of aromatic nitrogens is 2. The monoisotopic (exact) mass is 249 g/mol. The van der Waals surface area contributed by atoms with Gasteiger partial charge in [-0.25, -0.2) is 4.63 Å². The molecule has 0 unspecified atom stereocenters. The van der Waals surface area contributed by atoms with E-state index in [1.165, 1.54) is 6.07 Å². The molecule has 8 heteroatoms. The van der Waals surface area contributed by atoms with Crippen molar-refractivity contribution >= 4 is 28.1 Å². The lowest BCUT2D eigenvalue weighted by Crippen LogP contribution is -2.19. The first-order valence-electron chi connectivity index (χ1n) is 5.62. The van der Waals surface area contributed by atoms with Gasteiger partial charge in [0.25, 0.3) is 0 Å². The summed E-state index contributed by atoms with van der Waals surface area (Å²) in [5, 5.41) is 18.3. The second kappa shape index (κ2) is 3.83. The molecule has 2 N–H and O–H groups in total. The molecule has 1 fully saturated rings. The van der Waals surface area contributed by atoms with Gasteiger partial charge in [0, 0.05) is 19.2 Å². The van der Waals surface area contributed by atoms with E-state index < -0.39 is 4.92 Å². The number of hydrogen-bond donors (Lipinski definition) is 1. The summed E-state index contributed by atoms with van der Waals surface area (Å²) in [7, 11) is 0. The second-order valence-electron chi connectivity index (χ2n) is 4.25. The zero-order valence-corrected chi connectivity index (χ0v) is 9.50. The number of anilines is 2. The zero-order valence-electron chi connectivity index (χ0n) is 9.50. The van der Waals surface area contributed by atoms with E-state index >= 15 is 0 Å². The van der Waals surface area contributed by atoms with Gasteiger partial charge in [0.05, 0.1) is 16.3 Å². The average Bonchev–Trinajstić information content (AvgIpc) is 2.97. The van der Waals surface area contributed by atoms with Crippen molar-refractivity contribution in [2.75, 3.05) is 23.7 Å². The van der Waals surface area contributed by atoms with Crippen LogP contribution in [0.1, 0.15) is 12.8 Å². The second-order valence-corrected chi connectivity index (χ2v) is 4.25. The summed E-state index contributed by atoms with van der Waals surface area (Å²) < 4.78 is 4.62. The minimum absolute atomic E-state index is 0.149. The maximum atomic E-state index is 10.9. The van der Waals surface area contributed by atoms with E-state index in [4.69, 9.17) is 5.73 Å². The third-order valence-electron chi connectivity index (χ3n) is 3.14. The van der Waals surface area contributed by atoms with Gasteiger partial charge in [-0.15, -0.1) is 0 Å². The van der Waals surface area contributed by atoms with Crippen molar-refractivity contribution in [1.82, 2.24) is 10.3 Å². The van der Waals surface area contributed by atoms with Gasteiger partial charge in [-0.1, -0.05) is 0 Å². The Morgan fingerprint density at radius 2 is 2.00 bits per heavy atom. The summed E-state index contributed by atoms with van der Waals surface area (Å²) in [6, 6.07) is 1.32. The molecule has 0 spiro atoms. The molecule has 1 aromatic heterocycles. The largest absolute Gasteiger partial charge is 0.397 e. The summed E-state index contributed by atoms with van der Waals surface area (Å²) >= 11 is 0. The standard InChI is InChI=1S/C10H11N5O3/c11-6-5-7(15(16)17)8-9(13-18-12-8)10(6)14-3-1-2-4-14/h5H,1-4,11H2. The number of non-ortho nitro benzene ring substituents is 1. The van der Waals surface area contributed by atoms with Crippen LogP contribution in [0, 0.1) is 10.1 Å². The molecule has 18 heavy (non-hydrogen) atoms. The van der Waals surface area contributed by atoms with Crippen LogP contribution < -0.4 is 10.6 Å². The zero-order chi connectivity index (χ0) is 12.7. The van der Waals surface area contributed by atoms with Gasteiger partial charge in [-0.05, 0) is 23.2 Å². The van der Waals surface area contributed by atoms with Crippen LogP contribution in [0.5, 0.6) is 0 Å². The van der Waals surface area contributed by atoms with Crippen molar-refractivity contribution in [2.24, 2.45) is 0 Å². The average molecular weight is 249 g/mol. The summed E-state index contributed by atoms with van der Waals surface area (Å²) in [5.41, 5.74) is 7.28. The van der Waals surface area contributed by atoms with Crippen LogP contribution in [-0.4, -0.2) is 28.3 Å². The Labute approximate surface area is 101 Å². The highest BCUT2D eigenvalue weighted by Gasteiger charge is 2.26. The number of hydrogen-bond acceptors (Lipinski definition) is 7. The van der Waals surface area contributed by atoms with Crippen LogP contribution in [0.2, 0.25) is 0 Å². The smallest absolute Gasteiger partial charge is 0.302 e. The Kier molecular flexibility index (Phi) is 2.29. The fourth-order valence-electron chi connectivity index (χ4n) is 2.34. The lowest BCUT2D eigenvalue weighted by atomic mass is 10.2. The highest BCUT2D eigenvalue weighted by Crippen LogP contribution is 2.38. The van der Waals surface area contributed by atoms with Crippen molar-refractivity contribution < 1.29 is 9.55 Å². The van der Waals surface area contributed by atoms with Gasteiger partial charge < -0.3 is 10.6 Å². The molecule has 1 aromatic carbocycles. The lowest BCUT2D eigenvalue weighted by molar-refractivity contribution is -0.383. The first kappa shape index (κ1) is 10.8. The molecular formula is C10H11N5O3. The summed E-state index contributed by atoms with van der Waals surface area (Å²) in [4.78, 5) is 12.5. The number of nitro groups is 1. The molecule has 0 atom stereocenters. The third-order valence-corrected chi connectivity index (χ3v) is 3.14. The first-order chi connectivity index (χ1) is 8.68. The Morgan fingerprint density at radius 1 is 1.33 bits per heavy atom. The normalized spacial score (nSPS) is 15.4. The summed E-state index contributed by atoms with van der Waals surface area (Å²) in [5.74, 6) is 0. The molecule has 2 aromatic rings. The van der Waals surface area contributed by atoms with Gasteiger partial charge >= 0.3 is 5.69 Å². The van der Waals surface area contributed by atoms with Crippen LogP contribution in [-0.2, 0) is 0 Å². The quantitative estimate of drug-likeness (QED) is 0.485. The molecule has 0 saturated carbocycles. The minimum Gasteiger partial charge on any atom is -0.397 e. The van der Waals surface area contributed by atoms with Gasteiger partial charge in [0.1, 0.15) is 0 Å². The van der Waals surface area contributed by atoms with E-state index in [0.29, 0.717) is 16.9 Å². The van der Waals surface area contributed by atoms with E-state index in [-0.39, 0.29) is 11.2 Å². The molecular weight excluding hydrogens is 238 g/mol. The van der Waals surface area contributed by atoms with Crippen LogP contribution in [0.25, 0.3) is 11.0 Å². The van der Waals surface area contributed by atoms with Gasteiger partial charge in [-0.2, -0.15) is 0 Å². The molecule has 3 rings (SSSR count). The maximum Gasteiger partial charge on any atom is 0.302 e. The molecule has 94 valence electrons. The van der Waals surface area contributed by atoms with E-state index in [1.807, 2.05) is 0 Å². The minimum atomic E-state index is -0.531. The van der Waals surface area contributed by atoms with Gasteiger partial charge in [-0.3, -0.25) is 10.1 Å². The van der Waals surface area contributed by atoms with E-state index in [2.05, 4.69) is 19.8 Å². The fourth-order valence-corrected chi connectivity index (χ4v) is 2.34. The number of benzene rings is 1. The number of nitrogens with two attached hydrogens (primary N) is 1. The van der Waals surface area contributed by atoms with Crippen molar-refractivity contribution in [3.63, 3.8) is 0 Å². The predicted molar refractivity (Wildman–Crippen MR) is 64.3 cm³/mol. The van der Waals surface area contributed by atoms with Gasteiger partial charge in [0.2, 0.25) is 5.52 Å². The van der Waals surface area contributed by atoms with Crippen molar-refractivity contribution in [1.29, 1.82) is 0 Å². The van der Waals surface area contributed by atoms with Crippen LogP contribution >= 0.6 is 0 Å². The molecule has 1 saturated heterocycles. The molecule has 1 aliphatic rings. The van der Waals surface area contributed by atoms with E-state index in [0.717, 1.165) is 25.9 Å². The predicted octanol–water partition coefficient (Wildman–Crippen LogP) is 1.31. The first-order valence-corrected chi connectivity index (χ1v) is 5.62. The number of nitrogens with zero attached hydrogens (tertiary/aromatic N) is 4. The highest BCUT2D eigenvalue weighted by atomic mass is 16.6. The molecule has 0 radical (unpaired) electrons. The number of fused-ring (bicyclic) bond motifs is 1. The Balaban J connectivity index is 2.26. The van der Waals surface area contributed by atoms with E-state index in [1.54, 1.807) is 0 Å². The summed E-state index contributed by atoms with van der Waals surface area (Å²) in [6.45, 7) is 1.73. The van der Waals surface area contributed by atoms with E-state index in [9.17, 15) is 10.1 Å². The van der Waals surface area contributed by atoms with Crippen LogP contribution in [0.15, 0.2) is 10.7 Å². The molecule has 2 heterocycles. The van der Waals surface area contributed by atoms with Gasteiger partial charge in [0.15, 0.2) is 5.52 Å². The fraction of sp³-hybridized carbons (Fsp3) is 0.400. The van der Waals surface area contributed by atoms with Crippen molar-refractivity contribution in [3.05, 3.63) is 16.2 Å². The lowest BCUT2D eigenvalue weighted by Gasteiger charge is -2.19. The maximum absolute atomic E-state index is 10.9. The topological polar surface area (TPSA) is 111 Å². The number of rotatable bonds is 2. The van der Waals surface area contributed by atoms with Crippen molar-refractivity contribution in [2.45, 2.75) is 12.8 Å². The number of nitrogen functional groups attached to an aromatic ring is 1. The highest BCUT2D eigenvalue weighted by molar-refractivity contribution is 6.00. The molecule has 0 amide bonds. The van der Waals surface area contributed by atoms with Crippen molar-refractivity contribution in [3.8, 4) is 0 Å². The van der Waals surface area contributed by atoms with Crippen LogP contribution in [0.4, 0.5) is 17.1 Å². The Morgan fingerprint density at radius 3 is 2.67 bits per heavy atom. The number of nitro benzene ring substituents is 1. The van der Waals surface area contributed by atoms with Crippen LogP contribution in [0.3, 0.4) is 0 Å². The Bertz CT molecular complexity index is 617. The molecule has 0 aliphatic carbocycles. The molecule has 8 nitrogen and oxygen atoms in total. The third kappa shape index (κ3) is 1.45. The summed E-state index contributed by atoms with van der Waals surface area (Å²) in [6.07, 6.45) is 2.15. The Hall–Kier alpha value is -2.38. The molecule has 0 bridgehead atoms. The SMILES string of the molecule is Nc1cc([N+](=O)[O-])c2nonc2c1N1CCCC1. The molecule has 1 aliphatic heterocycles.